The van der Waals surface area contributed by atoms with Gasteiger partial charge in [-0.3, -0.25) is 0 Å². The van der Waals surface area contributed by atoms with Crippen LogP contribution in [0.4, 0.5) is 0 Å². The summed E-state index contributed by atoms with van der Waals surface area (Å²) >= 11 is 6.28. The Morgan fingerprint density at radius 2 is 1.94 bits per heavy atom. The van der Waals surface area contributed by atoms with E-state index < -0.39 is 0 Å². The molecule has 2 nitrogen and oxygen atoms in total. The summed E-state index contributed by atoms with van der Waals surface area (Å²) in [6.07, 6.45) is 0. The molecule has 1 unspecified atom stereocenters. The van der Waals surface area contributed by atoms with E-state index in [-0.39, 0.29) is 5.92 Å². The van der Waals surface area contributed by atoms with Crippen LogP contribution in [0.3, 0.4) is 0 Å². The van der Waals surface area contributed by atoms with Gasteiger partial charge < -0.3 is 10.5 Å². The van der Waals surface area contributed by atoms with E-state index in [0.717, 1.165) is 11.3 Å². The molecule has 1 aromatic carbocycles. The van der Waals surface area contributed by atoms with Crippen LogP contribution in [0.1, 0.15) is 43.7 Å². The first kappa shape index (κ1) is 13.3. The van der Waals surface area contributed by atoms with Crippen molar-refractivity contribution in [2.45, 2.75) is 32.6 Å². The normalized spacial score (nSPS) is 12.9. The molecule has 0 aliphatic carbocycles. The van der Waals surface area contributed by atoms with Crippen molar-refractivity contribution in [3.05, 3.63) is 28.3 Å². The van der Waals surface area contributed by atoms with Gasteiger partial charge in [-0.25, -0.2) is 0 Å². The molecule has 16 heavy (non-hydrogen) atoms. The molecule has 2 N–H and O–H groups in total. The first-order valence-electron chi connectivity index (χ1n) is 5.58. The zero-order valence-electron chi connectivity index (χ0n) is 10.4. The Morgan fingerprint density at radius 3 is 2.38 bits per heavy atom. The third-order valence-corrected chi connectivity index (χ3v) is 3.27. The SMILES string of the molecule is COc1cc(C(C)C)cc(C(C)CN)c1Cl. The van der Waals surface area contributed by atoms with E-state index in [1.807, 2.05) is 6.07 Å². The van der Waals surface area contributed by atoms with Crippen LogP contribution >= 0.6 is 11.6 Å². The Hall–Kier alpha value is -0.730. The summed E-state index contributed by atoms with van der Waals surface area (Å²) in [4.78, 5) is 0. The van der Waals surface area contributed by atoms with E-state index in [0.29, 0.717) is 17.5 Å². The monoisotopic (exact) mass is 241 g/mol. The second-order valence-corrected chi connectivity index (χ2v) is 4.80. The molecule has 1 rings (SSSR count). The van der Waals surface area contributed by atoms with Gasteiger partial charge in [-0.2, -0.15) is 0 Å². The van der Waals surface area contributed by atoms with E-state index in [2.05, 4.69) is 26.8 Å². The van der Waals surface area contributed by atoms with Crippen molar-refractivity contribution in [1.29, 1.82) is 0 Å². The zero-order valence-corrected chi connectivity index (χ0v) is 11.1. The first-order valence-corrected chi connectivity index (χ1v) is 5.96. The third kappa shape index (κ3) is 2.69. The molecule has 0 saturated carbocycles. The van der Waals surface area contributed by atoms with Crippen molar-refractivity contribution < 1.29 is 4.74 Å². The highest BCUT2D eigenvalue weighted by atomic mass is 35.5. The quantitative estimate of drug-likeness (QED) is 0.875. The van der Waals surface area contributed by atoms with Crippen LogP contribution in [0, 0.1) is 0 Å². The van der Waals surface area contributed by atoms with Gasteiger partial charge in [-0.1, -0.05) is 38.4 Å². The van der Waals surface area contributed by atoms with Crippen molar-refractivity contribution in [1.82, 2.24) is 0 Å². The number of halogens is 1. The Bertz CT molecular complexity index is 363. The van der Waals surface area contributed by atoms with Crippen molar-refractivity contribution in [2.24, 2.45) is 5.73 Å². The number of hydrogen-bond acceptors (Lipinski definition) is 2. The van der Waals surface area contributed by atoms with Crippen LogP contribution in [0.5, 0.6) is 5.75 Å². The Balaban J connectivity index is 3.29. The van der Waals surface area contributed by atoms with Gasteiger partial charge in [0.15, 0.2) is 0 Å². The average molecular weight is 242 g/mol. The number of benzene rings is 1. The molecule has 0 heterocycles. The lowest BCUT2D eigenvalue weighted by molar-refractivity contribution is 0.413. The minimum Gasteiger partial charge on any atom is -0.495 e. The highest BCUT2D eigenvalue weighted by Gasteiger charge is 2.15. The highest BCUT2D eigenvalue weighted by Crippen LogP contribution is 2.35. The fourth-order valence-corrected chi connectivity index (χ4v) is 1.98. The Labute approximate surface area is 103 Å². The summed E-state index contributed by atoms with van der Waals surface area (Å²) in [5, 5.41) is 0.685. The van der Waals surface area contributed by atoms with Crippen molar-refractivity contribution in [3.8, 4) is 5.75 Å². The maximum absolute atomic E-state index is 6.28. The lowest BCUT2D eigenvalue weighted by Crippen LogP contribution is -2.10. The predicted octanol–water partition coefficient (Wildman–Crippen LogP) is 3.53. The van der Waals surface area contributed by atoms with Gasteiger partial charge in [0, 0.05) is 0 Å². The molecule has 1 aromatic rings. The van der Waals surface area contributed by atoms with Gasteiger partial charge >= 0.3 is 0 Å². The van der Waals surface area contributed by atoms with Crippen LogP contribution in [0.25, 0.3) is 0 Å². The van der Waals surface area contributed by atoms with E-state index in [1.54, 1.807) is 7.11 Å². The second kappa shape index (κ2) is 5.55. The van der Waals surface area contributed by atoms with Gasteiger partial charge in [-0.05, 0) is 35.6 Å². The average Bonchev–Trinajstić information content (AvgIpc) is 2.28. The largest absolute Gasteiger partial charge is 0.495 e. The number of ether oxygens (including phenoxy) is 1. The molecule has 90 valence electrons. The van der Waals surface area contributed by atoms with Crippen LogP contribution in [-0.2, 0) is 0 Å². The van der Waals surface area contributed by atoms with Crippen molar-refractivity contribution in [3.63, 3.8) is 0 Å². The molecular weight excluding hydrogens is 222 g/mol. The van der Waals surface area contributed by atoms with Crippen LogP contribution in [0.2, 0.25) is 5.02 Å². The molecule has 0 spiro atoms. The highest BCUT2D eigenvalue weighted by molar-refractivity contribution is 6.33. The molecule has 0 fully saturated rings. The third-order valence-electron chi connectivity index (χ3n) is 2.86. The summed E-state index contributed by atoms with van der Waals surface area (Å²) in [6, 6.07) is 4.13. The molecule has 0 saturated heterocycles. The van der Waals surface area contributed by atoms with Gasteiger partial charge in [0.25, 0.3) is 0 Å². The Morgan fingerprint density at radius 1 is 1.31 bits per heavy atom. The maximum atomic E-state index is 6.28. The van der Waals surface area contributed by atoms with Gasteiger partial charge in [0.1, 0.15) is 5.75 Å². The van der Waals surface area contributed by atoms with Gasteiger partial charge in [0.05, 0.1) is 12.1 Å². The van der Waals surface area contributed by atoms with E-state index in [4.69, 9.17) is 22.1 Å². The first-order chi connectivity index (χ1) is 7.51. The maximum Gasteiger partial charge on any atom is 0.138 e. The molecular formula is C13H20ClNO. The summed E-state index contributed by atoms with van der Waals surface area (Å²) in [5.41, 5.74) is 8.00. The fourth-order valence-electron chi connectivity index (χ4n) is 1.61. The number of hydrogen-bond donors (Lipinski definition) is 1. The molecule has 1 atom stereocenters. The summed E-state index contributed by atoms with van der Waals surface area (Å²) in [5.74, 6) is 1.44. The smallest absolute Gasteiger partial charge is 0.138 e. The fraction of sp³-hybridized carbons (Fsp3) is 0.538. The predicted molar refractivity (Wildman–Crippen MR) is 69.6 cm³/mol. The summed E-state index contributed by atoms with van der Waals surface area (Å²) in [7, 11) is 1.64. The molecule has 0 aliphatic rings. The van der Waals surface area contributed by atoms with Crippen LogP contribution in [0.15, 0.2) is 12.1 Å². The minimum absolute atomic E-state index is 0.250. The summed E-state index contributed by atoms with van der Waals surface area (Å²) in [6.45, 7) is 6.97. The number of nitrogens with two attached hydrogens (primary N) is 1. The topological polar surface area (TPSA) is 35.2 Å². The molecule has 0 amide bonds. The van der Waals surface area contributed by atoms with Gasteiger partial charge in [-0.15, -0.1) is 0 Å². The van der Waals surface area contributed by atoms with Crippen LogP contribution < -0.4 is 10.5 Å². The number of rotatable bonds is 4. The summed E-state index contributed by atoms with van der Waals surface area (Å²) < 4.78 is 5.30. The van der Waals surface area contributed by atoms with Gasteiger partial charge in [0.2, 0.25) is 0 Å². The minimum atomic E-state index is 0.250. The van der Waals surface area contributed by atoms with E-state index >= 15 is 0 Å². The standard InChI is InChI=1S/C13H20ClNO/c1-8(2)10-5-11(9(3)7-15)13(14)12(6-10)16-4/h5-6,8-9H,7,15H2,1-4H3. The molecule has 0 aliphatic heterocycles. The van der Waals surface area contributed by atoms with E-state index in [1.165, 1.54) is 5.56 Å². The van der Waals surface area contributed by atoms with Crippen molar-refractivity contribution in [2.75, 3.05) is 13.7 Å². The van der Waals surface area contributed by atoms with Crippen LogP contribution in [-0.4, -0.2) is 13.7 Å². The molecule has 3 heteroatoms. The Kier molecular flexibility index (Phi) is 4.63. The number of methoxy groups -OCH3 is 1. The molecule has 0 bridgehead atoms. The van der Waals surface area contributed by atoms with Crippen molar-refractivity contribution >= 4 is 11.6 Å². The zero-order chi connectivity index (χ0) is 12.3. The lowest BCUT2D eigenvalue weighted by atomic mass is 9.94. The van der Waals surface area contributed by atoms with E-state index in [9.17, 15) is 0 Å². The second-order valence-electron chi connectivity index (χ2n) is 4.42. The lowest BCUT2D eigenvalue weighted by Gasteiger charge is -2.17. The molecule has 0 aromatic heterocycles. The molecule has 0 radical (unpaired) electrons.